The predicted octanol–water partition coefficient (Wildman–Crippen LogP) is 12.6. The van der Waals surface area contributed by atoms with E-state index in [9.17, 15) is 0 Å². The number of unbranched alkanes of at least 4 members (excludes halogenated alkanes) is 2. The molecular formula is C44H64N4. The summed E-state index contributed by atoms with van der Waals surface area (Å²) >= 11 is 0. The molecule has 5 heterocycles. The number of aromatic amines is 2. The van der Waals surface area contributed by atoms with Crippen LogP contribution in [0, 0.1) is 5.92 Å². The largest absolute Gasteiger partial charge is 0.358 e. The molecule has 0 radical (unpaired) electrons. The van der Waals surface area contributed by atoms with Crippen molar-refractivity contribution in [2.24, 2.45) is 15.9 Å². The third-order valence-corrected chi connectivity index (χ3v) is 11.5. The lowest BCUT2D eigenvalue weighted by atomic mass is 9.82. The van der Waals surface area contributed by atoms with Gasteiger partial charge in [0.2, 0.25) is 0 Å². The SMILES string of the molecule is CCCCC1C2=NC(=Cc3[nH]c(c(CC)c3CC)C(CCCC)c3[nH]c(c(CC)c3CC)C=C3N=C1C(CC)=C3CC)C(CC)=C2CC. The third-order valence-electron chi connectivity index (χ3n) is 11.5. The van der Waals surface area contributed by atoms with Gasteiger partial charge in [0.1, 0.15) is 0 Å². The van der Waals surface area contributed by atoms with Gasteiger partial charge in [-0.15, -0.1) is 0 Å². The summed E-state index contributed by atoms with van der Waals surface area (Å²) in [7, 11) is 0. The number of nitrogens with one attached hydrogen (secondary N) is 2. The molecule has 8 bridgehead atoms. The van der Waals surface area contributed by atoms with E-state index in [4.69, 9.17) is 9.98 Å². The van der Waals surface area contributed by atoms with E-state index < -0.39 is 0 Å². The van der Waals surface area contributed by atoms with E-state index in [2.05, 4.69) is 91.4 Å². The van der Waals surface area contributed by atoms with E-state index in [1.807, 2.05) is 0 Å². The van der Waals surface area contributed by atoms with Crippen LogP contribution in [-0.4, -0.2) is 21.4 Å². The van der Waals surface area contributed by atoms with Gasteiger partial charge in [-0.25, -0.2) is 0 Å². The van der Waals surface area contributed by atoms with Crippen LogP contribution in [0.4, 0.5) is 0 Å². The van der Waals surface area contributed by atoms with Gasteiger partial charge >= 0.3 is 0 Å². The molecule has 260 valence electrons. The first-order valence-corrected chi connectivity index (χ1v) is 19.9. The second kappa shape index (κ2) is 16.0. The molecule has 3 aliphatic rings. The maximum atomic E-state index is 5.65. The Morgan fingerprint density at radius 1 is 0.458 bits per heavy atom. The highest BCUT2D eigenvalue weighted by atomic mass is 14.9. The molecule has 0 amide bonds. The second-order valence-corrected chi connectivity index (χ2v) is 14.0. The Labute approximate surface area is 292 Å². The lowest BCUT2D eigenvalue weighted by Gasteiger charge is -2.21. The lowest BCUT2D eigenvalue weighted by Crippen LogP contribution is -2.25. The van der Waals surface area contributed by atoms with E-state index in [-0.39, 0.29) is 5.92 Å². The fraction of sp³-hybridized carbons (Fsp3) is 0.591. The van der Waals surface area contributed by atoms with Crippen LogP contribution in [-0.2, 0) is 25.7 Å². The summed E-state index contributed by atoms with van der Waals surface area (Å²) in [6, 6.07) is 0. The highest BCUT2D eigenvalue weighted by molar-refractivity contribution is 6.23. The molecule has 2 aromatic rings. The fourth-order valence-electron chi connectivity index (χ4n) is 9.17. The monoisotopic (exact) mass is 649 g/mol. The standard InChI is InChI=1S/C44H64N4/c1-11-21-23-35-41-31(17-7)27(13-3)37(45-41)25-39-29(15-5)33(19-9)43(47-39)36(24-22-12-2)44-34(20-10)30(16-6)40(48-44)26-38-28(14-4)32(18-8)42(35)46-38/h25-26,35-36,45-46H,11-24H2,1-10H3. The van der Waals surface area contributed by atoms with Crippen LogP contribution in [0.1, 0.15) is 184 Å². The zero-order valence-electron chi connectivity index (χ0n) is 32.1. The summed E-state index contributed by atoms with van der Waals surface area (Å²) in [5.41, 5.74) is 22.0. The van der Waals surface area contributed by atoms with E-state index in [1.54, 1.807) is 0 Å². The third kappa shape index (κ3) is 6.34. The number of fused-ring (bicyclic) bond motifs is 6. The fourth-order valence-corrected chi connectivity index (χ4v) is 9.17. The average molecular weight is 649 g/mol. The van der Waals surface area contributed by atoms with E-state index in [0.29, 0.717) is 5.92 Å². The first-order valence-electron chi connectivity index (χ1n) is 19.9. The normalized spacial score (nSPS) is 19.3. The number of nitrogens with zero attached hydrogens (tertiary/aromatic N) is 2. The van der Waals surface area contributed by atoms with Crippen LogP contribution in [0.2, 0.25) is 0 Å². The quantitative estimate of drug-likeness (QED) is 0.205. The van der Waals surface area contributed by atoms with Crippen molar-refractivity contribution >= 4 is 23.6 Å². The van der Waals surface area contributed by atoms with Crippen molar-refractivity contribution in [3.05, 3.63) is 78.7 Å². The highest BCUT2D eigenvalue weighted by Gasteiger charge is 2.36. The topological polar surface area (TPSA) is 56.3 Å². The maximum absolute atomic E-state index is 5.65. The van der Waals surface area contributed by atoms with E-state index >= 15 is 0 Å². The summed E-state index contributed by atoms with van der Waals surface area (Å²) in [5, 5.41) is 0. The van der Waals surface area contributed by atoms with Crippen LogP contribution < -0.4 is 0 Å². The number of hydrogen-bond donors (Lipinski definition) is 2. The molecule has 0 spiro atoms. The number of aliphatic imine (C=N–C) groups is 2. The Kier molecular flexibility index (Phi) is 12.1. The minimum absolute atomic E-state index is 0.216. The molecular weight excluding hydrogens is 585 g/mol. The summed E-state index contributed by atoms with van der Waals surface area (Å²) in [6.07, 6.45) is 19.9. The molecule has 0 fully saturated rings. The first-order chi connectivity index (χ1) is 23.4. The number of allylic oxidation sites excluding steroid dienone is 4. The smallest absolute Gasteiger partial charge is 0.0689 e. The molecule has 0 aliphatic carbocycles. The summed E-state index contributed by atoms with van der Waals surface area (Å²) in [4.78, 5) is 19.5. The molecule has 4 nitrogen and oxygen atoms in total. The van der Waals surface area contributed by atoms with Crippen LogP contribution in [0.5, 0.6) is 0 Å². The number of hydrogen-bond acceptors (Lipinski definition) is 2. The Hall–Kier alpha value is -3.14. The van der Waals surface area contributed by atoms with E-state index in [0.717, 1.165) is 64.2 Å². The molecule has 2 N–H and O–H groups in total. The zero-order valence-corrected chi connectivity index (χ0v) is 32.1. The minimum atomic E-state index is 0.216. The molecule has 0 unspecified atom stereocenters. The van der Waals surface area contributed by atoms with Gasteiger partial charge in [0.05, 0.1) is 22.8 Å². The van der Waals surface area contributed by atoms with Gasteiger partial charge in [0.25, 0.3) is 0 Å². The van der Waals surface area contributed by atoms with Crippen LogP contribution in [0.25, 0.3) is 12.2 Å². The maximum Gasteiger partial charge on any atom is 0.0689 e. The van der Waals surface area contributed by atoms with Crippen LogP contribution >= 0.6 is 0 Å². The summed E-state index contributed by atoms with van der Waals surface area (Å²) in [6.45, 7) is 23.3. The molecule has 5 rings (SSSR count). The van der Waals surface area contributed by atoms with Crippen molar-refractivity contribution in [3.8, 4) is 0 Å². The lowest BCUT2D eigenvalue weighted by molar-refractivity contribution is 0.621. The van der Waals surface area contributed by atoms with Gasteiger partial charge in [-0.2, -0.15) is 0 Å². The van der Waals surface area contributed by atoms with Crippen LogP contribution in [0.15, 0.2) is 43.7 Å². The molecule has 0 saturated carbocycles. The molecule has 0 saturated heterocycles. The first kappa shape index (κ1) is 36.1. The van der Waals surface area contributed by atoms with Crippen molar-refractivity contribution < 1.29 is 0 Å². The number of H-pyrrole nitrogens is 2. The van der Waals surface area contributed by atoms with Gasteiger partial charge in [0, 0.05) is 34.6 Å². The van der Waals surface area contributed by atoms with E-state index in [1.165, 1.54) is 116 Å². The van der Waals surface area contributed by atoms with Gasteiger partial charge in [-0.05, 0) is 121 Å². The summed E-state index contributed by atoms with van der Waals surface area (Å²) < 4.78 is 0. The molecule has 3 aliphatic heterocycles. The zero-order chi connectivity index (χ0) is 34.5. The number of aromatic nitrogens is 2. The molecule has 48 heavy (non-hydrogen) atoms. The molecule has 0 aromatic carbocycles. The summed E-state index contributed by atoms with van der Waals surface area (Å²) in [5.74, 6) is 0.523. The highest BCUT2D eigenvalue weighted by Crippen LogP contribution is 2.44. The minimum Gasteiger partial charge on any atom is -0.358 e. The number of rotatable bonds is 14. The van der Waals surface area contributed by atoms with Crippen molar-refractivity contribution in [2.45, 2.75) is 165 Å². The molecule has 0 atom stereocenters. The Morgan fingerprint density at radius 3 is 1.17 bits per heavy atom. The van der Waals surface area contributed by atoms with Crippen molar-refractivity contribution in [2.75, 3.05) is 0 Å². The molecule has 2 aromatic heterocycles. The molecule has 4 heteroatoms. The second-order valence-electron chi connectivity index (χ2n) is 14.0. The van der Waals surface area contributed by atoms with Crippen molar-refractivity contribution in [3.63, 3.8) is 0 Å². The predicted molar refractivity (Wildman–Crippen MR) is 210 cm³/mol. The van der Waals surface area contributed by atoms with Gasteiger partial charge in [-0.1, -0.05) is 94.9 Å². The van der Waals surface area contributed by atoms with Gasteiger partial charge in [-0.3, -0.25) is 9.98 Å². The van der Waals surface area contributed by atoms with Gasteiger partial charge in [0.15, 0.2) is 0 Å². The average Bonchev–Trinajstić information content (AvgIpc) is 3.84. The Balaban J connectivity index is 1.92. The van der Waals surface area contributed by atoms with Gasteiger partial charge < -0.3 is 9.97 Å². The van der Waals surface area contributed by atoms with Crippen molar-refractivity contribution in [1.82, 2.24) is 9.97 Å². The van der Waals surface area contributed by atoms with Crippen molar-refractivity contribution in [1.29, 1.82) is 0 Å². The Bertz CT molecular complexity index is 1560. The van der Waals surface area contributed by atoms with Crippen LogP contribution in [0.3, 0.4) is 0 Å². The Morgan fingerprint density at radius 2 is 0.833 bits per heavy atom.